The first-order valence-electron chi connectivity index (χ1n) is 13.3. The zero-order valence-electron chi connectivity index (χ0n) is 24.0. The maximum atomic E-state index is 12.7. The normalized spacial score (nSPS) is 11.3. The topological polar surface area (TPSA) is 140 Å². The quantitative estimate of drug-likeness (QED) is 0.232. The van der Waals surface area contributed by atoms with Crippen molar-refractivity contribution in [3.05, 3.63) is 89.1 Å². The van der Waals surface area contributed by atoms with Crippen LogP contribution in [0.15, 0.2) is 72.2 Å². The fraction of sp³-hybridized carbons (Fsp3) is 0.258. The van der Waals surface area contributed by atoms with Gasteiger partial charge in [0.05, 0.1) is 17.9 Å². The van der Waals surface area contributed by atoms with Crippen LogP contribution in [0.3, 0.4) is 0 Å². The fourth-order valence-corrected chi connectivity index (χ4v) is 4.97. The van der Waals surface area contributed by atoms with E-state index in [4.69, 9.17) is 10.5 Å². The van der Waals surface area contributed by atoms with Crippen LogP contribution in [0.25, 0.3) is 22.4 Å². The summed E-state index contributed by atoms with van der Waals surface area (Å²) in [6, 6.07) is 19.0. The van der Waals surface area contributed by atoms with Crippen molar-refractivity contribution < 1.29 is 19.1 Å². The Hall–Kier alpha value is -4.61. The van der Waals surface area contributed by atoms with Crippen LogP contribution in [-0.4, -0.2) is 60.0 Å². The molecule has 0 saturated heterocycles. The first-order valence-corrected chi connectivity index (χ1v) is 14.1. The molecule has 0 saturated carbocycles. The Morgan fingerprint density at radius 1 is 1.00 bits per heavy atom. The van der Waals surface area contributed by atoms with Crippen LogP contribution in [-0.2, 0) is 21.5 Å². The first kappa shape index (κ1) is 30.4. The van der Waals surface area contributed by atoms with E-state index in [9.17, 15) is 14.4 Å². The SMILES string of the molecule is CN(C)Cc1cc(-c2cccc(-c3csc(NC(=O)CNC(=O)c4cccc(C(C)(C)COC(N)=O)c4)n3)c2)ccn1. The Morgan fingerprint density at radius 3 is 2.50 bits per heavy atom. The molecule has 218 valence electrons. The minimum Gasteiger partial charge on any atom is -0.449 e. The third-order valence-electron chi connectivity index (χ3n) is 6.43. The molecule has 0 aliphatic heterocycles. The predicted octanol–water partition coefficient (Wildman–Crippen LogP) is 4.68. The molecule has 0 unspecified atom stereocenters. The molecule has 0 bridgehead atoms. The average Bonchev–Trinajstić information content (AvgIpc) is 3.43. The van der Waals surface area contributed by atoms with Gasteiger partial charge in [-0.05, 0) is 61.1 Å². The van der Waals surface area contributed by atoms with Crippen molar-refractivity contribution in [1.82, 2.24) is 20.2 Å². The summed E-state index contributed by atoms with van der Waals surface area (Å²) in [7, 11) is 4.02. The third-order valence-corrected chi connectivity index (χ3v) is 7.19. The number of nitrogens with two attached hydrogens (primary N) is 1. The van der Waals surface area contributed by atoms with Crippen LogP contribution in [0.4, 0.5) is 9.93 Å². The second kappa shape index (κ2) is 13.4. The smallest absolute Gasteiger partial charge is 0.404 e. The minimum atomic E-state index is -0.858. The van der Waals surface area contributed by atoms with Crippen molar-refractivity contribution in [3.63, 3.8) is 0 Å². The molecule has 0 atom stereocenters. The zero-order valence-corrected chi connectivity index (χ0v) is 24.8. The average molecular weight is 587 g/mol. The molecule has 2 aromatic carbocycles. The van der Waals surface area contributed by atoms with E-state index in [2.05, 4.69) is 37.6 Å². The number of amides is 3. The van der Waals surface area contributed by atoms with Crippen LogP contribution < -0.4 is 16.4 Å². The summed E-state index contributed by atoms with van der Waals surface area (Å²) >= 11 is 1.31. The van der Waals surface area contributed by atoms with E-state index in [0.29, 0.717) is 10.7 Å². The van der Waals surface area contributed by atoms with Crippen molar-refractivity contribution >= 4 is 34.4 Å². The number of ether oxygens (including phenoxy) is 1. The molecule has 0 aliphatic carbocycles. The van der Waals surface area contributed by atoms with Gasteiger partial charge in [-0.1, -0.05) is 44.2 Å². The number of hydrogen-bond donors (Lipinski definition) is 3. The molecular weight excluding hydrogens is 552 g/mol. The molecule has 11 heteroatoms. The highest BCUT2D eigenvalue weighted by Gasteiger charge is 2.23. The van der Waals surface area contributed by atoms with E-state index in [-0.39, 0.29) is 13.2 Å². The van der Waals surface area contributed by atoms with Crippen molar-refractivity contribution in [1.29, 1.82) is 0 Å². The minimum absolute atomic E-state index is 0.0668. The van der Waals surface area contributed by atoms with Crippen molar-refractivity contribution in [3.8, 4) is 22.4 Å². The molecule has 0 aliphatic rings. The number of rotatable bonds is 11. The lowest BCUT2D eigenvalue weighted by Crippen LogP contribution is -2.33. The van der Waals surface area contributed by atoms with Gasteiger partial charge in [-0.3, -0.25) is 14.6 Å². The van der Waals surface area contributed by atoms with Crippen LogP contribution in [0.2, 0.25) is 0 Å². The number of primary amides is 1. The number of carbonyl (C=O) groups excluding carboxylic acids is 3. The summed E-state index contributed by atoms with van der Waals surface area (Å²) in [4.78, 5) is 47.4. The number of thiazole rings is 1. The second-order valence-corrected chi connectivity index (χ2v) is 11.6. The van der Waals surface area contributed by atoms with Gasteiger partial charge < -0.3 is 26.0 Å². The molecule has 42 heavy (non-hydrogen) atoms. The molecule has 0 spiro atoms. The number of anilines is 1. The molecule has 3 amide bonds. The standard InChI is InChI=1S/C31H34N6O4S/c1-31(2,19-41-29(32)40)24-10-6-9-23(14-24)28(39)34-16-27(38)36-30-35-26(18-42-30)22-8-5-7-20(13-22)21-11-12-33-25(15-21)17-37(3)4/h5-15,18H,16-17,19H2,1-4H3,(H2,32,40)(H,34,39)(H,35,36,38). The summed E-state index contributed by atoms with van der Waals surface area (Å²) in [5.41, 5.74) is 10.5. The largest absolute Gasteiger partial charge is 0.449 e. The van der Waals surface area contributed by atoms with E-state index < -0.39 is 23.3 Å². The first-order chi connectivity index (χ1) is 20.0. The number of carbonyl (C=O) groups is 3. The zero-order chi connectivity index (χ0) is 30.3. The highest BCUT2D eigenvalue weighted by atomic mass is 32.1. The molecular formula is C31H34N6O4S. The lowest BCUT2D eigenvalue weighted by atomic mass is 9.84. The maximum Gasteiger partial charge on any atom is 0.404 e. The van der Waals surface area contributed by atoms with E-state index in [1.807, 2.05) is 69.9 Å². The monoisotopic (exact) mass is 586 g/mol. The van der Waals surface area contributed by atoms with Crippen LogP contribution in [0, 0.1) is 0 Å². The molecule has 4 rings (SSSR count). The van der Waals surface area contributed by atoms with Gasteiger partial charge >= 0.3 is 6.09 Å². The summed E-state index contributed by atoms with van der Waals surface area (Å²) in [6.07, 6.45) is 0.956. The molecule has 10 nitrogen and oxygen atoms in total. The second-order valence-electron chi connectivity index (χ2n) is 10.7. The van der Waals surface area contributed by atoms with Gasteiger partial charge in [0, 0.05) is 34.7 Å². The third kappa shape index (κ3) is 8.21. The Kier molecular flexibility index (Phi) is 9.66. The van der Waals surface area contributed by atoms with E-state index in [1.54, 1.807) is 18.2 Å². The lowest BCUT2D eigenvalue weighted by Gasteiger charge is -2.24. The van der Waals surface area contributed by atoms with Crippen molar-refractivity contribution in [2.24, 2.45) is 5.73 Å². The number of benzene rings is 2. The maximum absolute atomic E-state index is 12.7. The molecule has 4 aromatic rings. The highest BCUT2D eigenvalue weighted by Crippen LogP contribution is 2.29. The van der Waals surface area contributed by atoms with Gasteiger partial charge in [-0.2, -0.15) is 0 Å². The number of nitrogens with zero attached hydrogens (tertiary/aromatic N) is 3. The summed E-state index contributed by atoms with van der Waals surface area (Å²) in [5, 5.41) is 7.71. The van der Waals surface area contributed by atoms with Gasteiger partial charge in [-0.15, -0.1) is 11.3 Å². The molecule has 0 radical (unpaired) electrons. The van der Waals surface area contributed by atoms with Crippen LogP contribution in [0.1, 0.15) is 35.5 Å². The van der Waals surface area contributed by atoms with Gasteiger partial charge in [0.15, 0.2) is 5.13 Å². The molecule has 4 N–H and O–H groups in total. The Morgan fingerprint density at radius 2 is 1.74 bits per heavy atom. The summed E-state index contributed by atoms with van der Waals surface area (Å²) in [5.74, 6) is -0.797. The number of hydrogen-bond acceptors (Lipinski definition) is 8. The molecule has 2 aromatic heterocycles. The van der Waals surface area contributed by atoms with Crippen molar-refractivity contribution in [2.75, 3.05) is 32.6 Å². The van der Waals surface area contributed by atoms with E-state index >= 15 is 0 Å². The predicted molar refractivity (Wildman–Crippen MR) is 164 cm³/mol. The van der Waals surface area contributed by atoms with E-state index in [1.165, 1.54) is 11.3 Å². The van der Waals surface area contributed by atoms with Crippen LogP contribution >= 0.6 is 11.3 Å². The lowest BCUT2D eigenvalue weighted by molar-refractivity contribution is -0.115. The van der Waals surface area contributed by atoms with Crippen molar-refractivity contribution in [2.45, 2.75) is 25.8 Å². The van der Waals surface area contributed by atoms with Gasteiger partial charge in [-0.25, -0.2) is 9.78 Å². The Balaban J connectivity index is 1.36. The van der Waals surface area contributed by atoms with E-state index in [0.717, 1.165) is 40.2 Å². The van der Waals surface area contributed by atoms with Crippen LogP contribution in [0.5, 0.6) is 0 Å². The highest BCUT2D eigenvalue weighted by molar-refractivity contribution is 7.14. The van der Waals surface area contributed by atoms with Gasteiger partial charge in [0.2, 0.25) is 5.91 Å². The fourth-order valence-electron chi connectivity index (χ4n) is 4.23. The number of nitrogens with one attached hydrogen (secondary N) is 2. The van der Waals surface area contributed by atoms with Gasteiger partial charge in [0.1, 0.15) is 6.61 Å². The molecule has 0 fully saturated rings. The number of pyridine rings is 1. The summed E-state index contributed by atoms with van der Waals surface area (Å²) < 4.78 is 4.95. The molecule has 2 heterocycles. The Labute approximate surface area is 248 Å². The summed E-state index contributed by atoms with van der Waals surface area (Å²) in [6.45, 7) is 4.35. The van der Waals surface area contributed by atoms with Gasteiger partial charge in [0.25, 0.3) is 5.91 Å². The Bertz CT molecular complexity index is 1580. The number of aromatic nitrogens is 2.